The number of nitrogens with one attached hydrogen (secondary N) is 1. The van der Waals surface area contributed by atoms with Crippen LogP contribution in [0.25, 0.3) is 0 Å². The van der Waals surface area contributed by atoms with E-state index in [0.717, 1.165) is 11.1 Å². The van der Waals surface area contributed by atoms with Crippen molar-refractivity contribution in [1.82, 2.24) is 9.97 Å². The summed E-state index contributed by atoms with van der Waals surface area (Å²) in [6, 6.07) is 10.1. The van der Waals surface area contributed by atoms with E-state index in [-0.39, 0.29) is 22.0 Å². The van der Waals surface area contributed by atoms with Crippen LogP contribution in [0, 0.1) is 0 Å². The third kappa shape index (κ3) is 10.5. The summed E-state index contributed by atoms with van der Waals surface area (Å²) >= 11 is 6.98. The molecule has 0 aliphatic rings. The second kappa shape index (κ2) is 13.1. The van der Waals surface area contributed by atoms with Crippen molar-refractivity contribution in [1.29, 1.82) is 0 Å². The quantitative estimate of drug-likeness (QED) is 0.501. The maximum absolute atomic E-state index is 11.0. The number of ether oxygens (including phenoxy) is 3. The molecule has 0 saturated heterocycles. The SMILES string of the molecule is CC(Br)(CBr)COc1ccccc1.COc1cc(OC)nc(NC(=O)N=S(=O)=O)n1. The van der Waals surface area contributed by atoms with Crippen LogP contribution in [-0.4, -0.2) is 54.9 Å². The van der Waals surface area contributed by atoms with E-state index in [1.54, 1.807) is 0 Å². The van der Waals surface area contributed by atoms with E-state index in [0.29, 0.717) is 6.61 Å². The third-order valence-electron chi connectivity index (χ3n) is 3.04. The number of hydrogen-bond acceptors (Lipinski definition) is 8. The normalized spacial score (nSPS) is 11.8. The largest absolute Gasteiger partial charge is 0.492 e. The van der Waals surface area contributed by atoms with Gasteiger partial charge in [0.2, 0.25) is 17.7 Å². The van der Waals surface area contributed by atoms with Crippen LogP contribution in [0.5, 0.6) is 17.5 Å². The van der Waals surface area contributed by atoms with Crippen molar-refractivity contribution in [3.05, 3.63) is 36.4 Å². The molecule has 0 bridgehead atoms. The number of amides is 2. The number of methoxy groups -OCH3 is 2. The number of carbonyl (C=O) groups excluding carboxylic acids is 1. The van der Waals surface area contributed by atoms with Gasteiger partial charge in [-0.15, -0.1) is 0 Å². The standard InChI is InChI=1S/C10H12Br2O.C7H8N4O5S/c1-10(12,7-11)8-13-9-5-3-2-4-6-9;1-15-4-3-5(16-2)9-6(8-4)10-7(12)11-17(13)14/h2-6H,7-8H2,1H3;3H,1-2H3,(H,8,9,10,12). The van der Waals surface area contributed by atoms with E-state index in [1.165, 1.54) is 20.3 Å². The van der Waals surface area contributed by atoms with Crippen LogP contribution >= 0.6 is 31.9 Å². The first-order valence-corrected chi connectivity index (χ1v) is 11.2. The van der Waals surface area contributed by atoms with Crippen LogP contribution in [0.4, 0.5) is 10.7 Å². The van der Waals surface area contributed by atoms with Crippen LogP contribution < -0.4 is 19.5 Å². The second-order valence-corrected chi connectivity index (χ2v) is 8.76. The van der Waals surface area contributed by atoms with Gasteiger partial charge in [0.05, 0.1) is 24.6 Å². The van der Waals surface area contributed by atoms with Crippen molar-refractivity contribution in [2.24, 2.45) is 4.36 Å². The number of alkyl halides is 2. The molecule has 2 aromatic rings. The number of urea groups is 1. The van der Waals surface area contributed by atoms with E-state index in [1.807, 2.05) is 35.6 Å². The average Bonchev–Trinajstić information content (AvgIpc) is 2.72. The van der Waals surface area contributed by atoms with Crippen LogP contribution in [0.3, 0.4) is 0 Å². The van der Waals surface area contributed by atoms with Gasteiger partial charge in [-0.1, -0.05) is 54.4 Å². The van der Waals surface area contributed by atoms with E-state index in [2.05, 4.69) is 53.1 Å². The number of carbonyl (C=O) groups is 1. The van der Waals surface area contributed by atoms with Crippen molar-refractivity contribution in [2.45, 2.75) is 11.2 Å². The highest BCUT2D eigenvalue weighted by molar-refractivity contribution is 9.12. The van der Waals surface area contributed by atoms with Crippen molar-refractivity contribution in [2.75, 3.05) is 31.5 Å². The number of rotatable bonds is 7. The molecule has 30 heavy (non-hydrogen) atoms. The monoisotopic (exact) mass is 566 g/mol. The minimum Gasteiger partial charge on any atom is -0.492 e. The average molecular weight is 568 g/mol. The molecule has 10 nitrogen and oxygen atoms in total. The maximum atomic E-state index is 11.0. The lowest BCUT2D eigenvalue weighted by atomic mass is 10.2. The predicted molar refractivity (Wildman–Crippen MR) is 119 cm³/mol. The highest BCUT2D eigenvalue weighted by atomic mass is 79.9. The topological polar surface area (TPSA) is 129 Å². The minimum absolute atomic E-state index is 0.00282. The van der Waals surface area contributed by atoms with Gasteiger partial charge >= 0.3 is 16.5 Å². The Kier molecular flexibility index (Phi) is 11.3. The van der Waals surface area contributed by atoms with Gasteiger partial charge in [-0.25, -0.2) is 4.79 Å². The van der Waals surface area contributed by atoms with Gasteiger partial charge in [-0.3, -0.25) is 5.32 Å². The number of para-hydroxylation sites is 1. The summed E-state index contributed by atoms with van der Waals surface area (Å²) in [5.41, 5.74) is 0. The van der Waals surface area contributed by atoms with Gasteiger partial charge in [0.1, 0.15) is 12.4 Å². The van der Waals surface area contributed by atoms with Crippen molar-refractivity contribution < 1.29 is 27.4 Å². The summed E-state index contributed by atoms with van der Waals surface area (Å²) in [5.74, 6) is 1.03. The Morgan fingerprint density at radius 1 is 1.17 bits per heavy atom. The molecular weight excluding hydrogens is 548 g/mol. The number of halogens is 2. The Hall–Kier alpha value is -2.25. The molecule has 1 atom stereocenters. The van der Waals surface area contributed by atoms with Crippen molar-refractivity contribution in [3.8, 4) is 17.5 Å². The van der Waals surface area contributed by atoms with E-state index in [4.69, 9.17) is 14.2 Å². The molecule has 0 spiro atoms. The molecule has 1 unspecified atom stereocenters. The molecule has 0 fully saturated rings. The first-order chi connectivity index (χ1) is 14.2. The molecule has 13 heteroatoms. The Morgan fingerprint density at radius 2 is 1.73 bits per heavy atom. The first-order valence-electron chi connectivity index (χ1n) is 8.21. The van der Waals surface area contributed by atoms with Crippen LogP contribution in [0.15, 0.2) is 40.8 Å². The molecule has 0 radical (unpaired) electrons. The van der Waals surface area contributed by atoms with Crippen LogP contribution in [-0.2, 0) is 10.5 Å². The van der Waals surface area contributed by atoms with Crippen molar-refractivity contribution >= 4 is 54.3 Å². The predicted octanol–water partition coefficient (Wildman–Crippen LogP) is 3.70. The summed E-state index contributed by atoms with van der Waals surface area (Å²) in [7, 11) is -0.108. The molecule has 2 rings (SSSR count). The highest BCUT2D eigenvalue weighted by Gasteiger charge is 2.19. The van der Waals surface area contributed by atoms with Gasteiger partial charge in [0.15, 0.2) is 0 Å². The maximum Gasteiger partial charge on any atom is 0.362 e. The number of nitrogens with zero attached hydrogens (tertiary/aromatic N) is 3. The summed E-state index contributed by atoms with van der Waals surface area (Å²) < 4.78 is 38.2. The fraction of sp³-hybridized carbons (Fsp3) is 0.353. The molecular formula is C17H20Br2N4O6S. The summed E-state index contributed by atoms with van der Waals surface area (Å²) in [5, 5.41) is 2.91. The van der Waals surface area contributed by atoms with Gasteiger partial charge in [0.25, 0.3) is 0 Å². The van der Waals surface area contributed by atoms with E-state index >= 15 is 0 Å². The lowest BCUT2D eigenvalue weighted by molar-refractivity contribution is 0.259. The molecule has 1 heterocycles. The van der Waals surface area contributed by atoms with Gasteiger partial charge < -0.3 is 14.2 Å². The van der Waals surface area contributed by atoms with Gasteiger partial charge in [0, 0.05) is 5.33 Å². The summed E-state index contributed by atoms with van der Waals surface area (Å²) in [6.07, 6.45) is 0. The van der Waals surface area contributed by atoms with Crippen LogP contribution in [0.1, 0.15) is 6.92 Å². The highest BCUT2D eigenvalue weighted by Crippen LogP contribution is 2.21. The zero-order chi connectivity index (χ0) is 22.6. The minimum atomic E-state index is -2.84. The van der Waals surface area contributed by atoms with Gasteiger partial charge in [-0.05, 0) is 19.1 Å². The number of hydrogen-bond donors (Lipinski definition) is 1. The molecule has 2 amide bonds. The molecule has 0 aliphatic carbocycles. The Bertz CT molecular complexity index is 928. The fourth-order valence-electron chi connectivity index (χ4n) is 1.64. The van der Waals surface area contributed by atoms with E-state index in [9.17, 15) is 13.2 Å². The van der Waals surface area contributed by atoms with Crippen LogP contribution in [0.2, 0.25) is 0 Å². The van der Waals surface area contributed by atoms with Crippen molar-refractivity contribution in [3.63, 3.8) is 0 Å². The van der Waals surface area contributed by atoms with Gasteiger partial charge in [-0.2, -0.15) is 18.4 Å². The lowest BCUT2D eigenvalue weighted by Crippen LogP contribution is -2.26. The Morgan fingerprint density at radius 3 is 2.20 bits per heavy atom. The lowest BCUT2D eigenvalue weighted by Gasteiger charge is -2.19. The zero-order valence-corrected chi connectivity index (χ0v) is 20.3. The smallest absolute Gasteiger partial charge is 0.362 e. The number of aromatic nitrogens is 2. The third-order valence-corrected chi connectivity index (χ3v) is 5.85. The van der Waals surface area contributed by atoms with E-state index < -0.39 is 16.5 Å². The zero-order valence-electron chi connectivity index (χ0n) is 16.3. The Balaban J connectivity index is 0.000000311. The molecule has 1 N–H and O–H groups in total. The molecule has 1 aromatic heterocycles. The number of anilines is 1. The summed E-state index contributed by atoms with van der Waals surface area (Å²) in [4.78, 5) is 18.5. The molecule has 0 saturated carbocycles. The molecule has 164 valence electrons. The second-order valence-electron chi connectivity index (χ2n) is 5.66. The summed E-state index contributed by atoms with van der Waals surface area (Å²) in [6.45, 7) is 2.74. The molecule has 1 aromatic carbocycles. The fourth-order valence-corrected chi connectivity index (χ4v) is 2.10. The number of benzene rings is 1. The first kappa shape index (κ1) is 25.8. The Labute approximate surface area is 192 Å². The molecule has 0 aliphatic heterocycles.